The molecule has 0 aromatic heterocycles. The van der Waals surface area contributed by atoms with Crippen LogP contribution >= 0.6 is 0 Å². The van der Waals surface area contributed by atoms with Gasteiger partial charge in [0.05, 0.1) is 13.2 Å². The van der Waals surface area contributed by atoms with Crippen LogP contribution in [0, 0.1) is 0 Å². The van der Waals surface area contributed by atoms with Crippen molar-refractivity contribution in [2.45, 2.75) is 52.4 Å². The summed E-state index contributed by atoms with van der Waals surface area (Å²) < 4.78 is 11.2. The fourth-order valence-electron chi connectivity index (χ4n) is 2.60. The number of ether oxygens (including phenoxy) is 2. The molecule has 0 atom stereocenters. The molecule has 0 heterocycles. The minimum absolute atomic E-state index is 0.793. The maximum absolute atomic E-state index is 5.62. The van der Waals surface area contributed by atoms with Gasteiger partial charge in [0.15, 0.2) is 0 Å². The monoisotopic (exact) mass is 326 g/mol. The standard InChI is InChI=1S/C22H30O2/c1-3-17-23-21-13-9-19(10-14-21)7-5-6-8-20-11-15-22(16-12-20)24-18-4-2/h9-16H,3-8,17-18H2,1-2H3. The molecule has 0 unspecified atom stereocenters. The summed E-state index contributed by atoms with van der Waals surface area (Å²) in [5.41, 5.74) is 2.78. The van der Waals surface area contributed by atoms with Crippen molar-refractivity contribution in [2.24, 2.45) is 0 Å². The first-order valence-electron chi connectivity index (χ1n) is 9.25. The van der Waals surface area contributed by atoms with E-state index in [-0.39, 0.29) is 0 Å². The average Bonchev–Trinajstić information content (AvgIpc) is 2.64. The van der Waals surface area contributed by atoms with Crippen LogP contribution in [0.5, 0.6) is 11.5 Å². The normalized spacial score (nSPS) is 10.6. The Morgan fingerprint density at radius 2 is 0.958 bits per heavy atom. The Hall–Kier alpha value is -1.96. The molecule has 0 amide bonds. The first kappa shape index (κ1) is 18.4. The van der Waals surface area contributed by atoms with Crippen LogP contribution in [0.2, 0.25) is 0 Å². The van der Waals surface area contributed by atoms with E-state index >= 15 is 0 Å². The largest absolute Gasteiger partial charge is 0.494 e. The van der Waals surface area contributed by atoms with Gasteiger partial charge in [-0.25, -0.2) is 0 Å². The number of rotatable bonds is 11. The van der Waals surface area contributed by atoms with E-state index in [0.29, 0.717) is 0 Å². The zero-order valence-electron chi connectivity index (χ0n) is 15.1. The van der Waals surface area contributed by atoms with Crippen molar-refractivity contribution in [2.75, 3.05) is 13.2 Å². The smallest absolute Gasteiger partial charge is 0.119 e. The van der Waals surface area contributed by atoms with E-state index in [1.54, 1.807) is 0 Å². The quantitative estimate of drug-likeness (QED) is 0.484. The van der Waals surface area contributed by atoms with Gasteiger partial charge in [0, 0.05) is 0 Å². The van der Waals surface area contributed by atoms with E-state index in [1.165, 1.54) is 24.0 Å². The van der Waals surface area contributed by atoms with Gasteiger partial charge in [-0.15, -0.1) is 0 Å². The van der Waals surface area contributed by atoms with Crippen LogP contribution < -0.4 is 9.47 Å². The van der Waals surface area contributed by atoms with Gasteiger partial charge in [0.25, 0.3) is 0 Å². The molecule has 2 nitrogen and oxygen atoms in total. The highest BCUT2D eigenvalue weighted by molar-refractivity contribution is 5.28. The third-order valence-corrected chi connectivity index (χ3v) is 3.97. The fraction of sp³-hybridized carbons (Fsp3) is 0.455. The van der Waals surface area contributed by atoms with Crippen LogP contribution in [0.3, 0.4) is 0 Å². The van der Waals surface area contributed by atoms with Gasteiger partial charge in [-0.3, -0.25) is 0 Å². The summed E-state index contributed by atoms with van der Waals surface area (Å²) in [6, 6.07) is 17.1. The fourth-order valence-corrected chi connectivity index (χ4v) is 2.60. The Morgan fingerprint density at radius 1 is 0.583 bits per heavy atom. The summed E-state index contributed by atoms with van der Waals surface area (Å²) in [7, 11) is 0. The zero-order valence-corrected chi connectivity index (χ0v) is 15.1. The SMILES string of the molecule is CCCOc1ccc(CCCCc2ccc(OCCC)cc2)cc1. The predicted molar refractivity (Wildman–Crippen MR) is 101 cm³/mol. The Bertz CT molecular complexity index is 504. The first-order chi connectivity index (χ1) is 11.8. The summed E-state index contributed by atoms with van der Waals surface area (Å²) in [6.45, 7) is 5.84. The van der Waals surface area contributed by atoms with Crippen LogP contribution in [-0.4, -0.2) is 13.2 Å². The Balaban J connectivity index is 1.67. The van der Waals surface area contributed by atoms with Crippen LogP contribution in [0.15, 0.2) is 48.5 Å². The van der Waals surface area contributed by atoms with Crippen molar-refractivity contribution in [3.63, 3.8) is 0 Å². The van der Waals surface area contributed by atoms with Crippen LogP contribution in [0.4, 0.5) is 0 Å². The molecule has 2 heteroatoms. The van der Waals surface area contributed by atoms with Gasteiger partial charge in [-0.2, -0.15) is 0 Å². The summed E-state index contributed by atoms with van der Waals surface area (Å²) in [6.07, 6.45) is 6.78. The van der Waals surface area contributed by atoms with Gasteiger partial charge in [0.1, 0.15) is 11.5 Å². The minimum atomic E-state index is 0.793. The molecule has 2 aromatic carbocycles. The first-order valence-corrected chi connectivity index (χ1v) is 9.25. The van der Waals surface area contributed by atoms with E-state index in [4.69, 9.17) is 9.47 Å². The van der Waals surface area contributed by atoms with Gasteiger partial charge < -0.3 is 9.47 Å². The van der Waals surface area contributed by atoms with Crippen molar-refractivity contribution in [3.8, 4) is 11.5 Å². The Kier molecular flexibility index (Phi) is 8.23. The molecule has 0 saturated heterocycles. The number of hydrogen-bond acceptors (Lipinski definition) is 2. The highest BCUT2D eigenvalue weighted by Gasteiger charge is 1.99. The van der Waals surface area contributed by atoms with Crippen molar-refractivity contribution >= 4 is 0 Å². The predicted octanol–water partition coefficient (Wildman–Crippen LogP) is 5.83. The molecule has 0 N–H and O–H groups in total. The third kappa shape index (κ3) is 6.66. The maximum atomic E-state index is 5.62. The number of unbranched alkanes of at least 4 members (excludes halogenated alkanes) is 1. The maximum Gasteiger partial charge on any atom is 0.119 e. The molecule has 24 heavy (non-hydrogen) atoms. The van der Waals surface area contributed by atoms with Gasteiger partial charge in [0.2, 0.25) is 0 Å². The molecule has 0 radical (unpaired) electrons. The van der Waals surface area contributed by atoms with Crippen LogP contribution in [0.1, 0.15) is 50.7 Å². The van der Waals surface area contributed by atoms with E-state index in [2.05, 4.69) is 62.4 Å². The van der Waals surface area contributed by atoms with Crippen molar-refractivity contribution in [1.29, 1.82) is 0 Å². The minimum Gasteiger partial charge on any atom is -0.494 e. The highest BCUT2D eigenvalue weighted by atomic mass is 16.5. The van der Waals surface area contributed by atoms with Gasteiger partial charge in [-0.1, -0.05) is 38.1 Å². The second kappa shape index (κ2) is 10.7. The van der Waals surface area contributed by atoms with Gasteiger partial charge >= 0.3 is 0 Å². The summed E-state index contributed by atoms with van der Waals surface area (Å²) in [5.74, 6) is 1.96. The van der Waals surface area contributed by atoms with Crippen molar-refractivity contribution < 1.29 is 9.47 Å². The number of aryl methyl sites for hydroxylation is 2. The average molecular weight is 326 g/mol. The van der Waals surface area contributed by atoms with E-state index < -0.39 is 0 Å². The van der Waals surface area contributed by atoms with Crippen molar-refractivity contribution in [3.05, 3.63) is 59.7 Å². The lowest BCUT2D eigenvalue weighted by Gasteiger charge is -2.07. The highest BCUT2D eigenvalue weighted by Crippen LogP contribution is 2.16. The Morgan fingerprint density at radius 3 is 1.29 bits per heavy atom. The summed E-state index contributed by atoms with van der Waals surface area (Å²) in [5, 5.41) is 0. The van der Waals surface area contributed by atoms with Crippen molar-refractivity contribution in [1.82, 2.24) is 0 Å². The lowest BCUT2D eigenvalue weighted by Crippen LogP contribution is -1.96. The summed E-state index contributed by atoms with van der Waals surface area (Å²) in [4.78, 5) is 0. The molecule has 0 saturated carbocycles. The molecular weight excluding hydrogens is 296 g/mol. The Labute approximate surface area is 146 Å². The molecule has 0 bridgehead atoms. The zero-order chi connectivity index (χ0) is 17.0. The van der Waals surface area contributed by atoms with Crippen LogP contribution in [-0.2, 0) is 12.8 Å². The molecule has 2 rings (SSSR count). The topological polar surface area (TPSA) is 18.5 Å². The van der Waals surface area contributed by atoms with Gasteiger partial charge in [-0.05, 0) is 73.9 Å². The molecule has 0 aliphatic heterocycles. The van der Waals surface area contributed by atoms with E-state index in [0.717, 1.165) is 50.4 Å². The second-order valence-corrected chi connectivity index (χ2v) is 6.19. The molecule has 2 aromatic rings. The summed E-state index contributed by atoms with van der Waals surface area (Å²) >= 11 is 0. The number of benzene rings is 2. The molecule has 130 valence electrons. The van der Waals surface area contributed by atoms with Crippen LogP contribution in [0.25, 0.3) is 0 Å². The lowest BCUT2D eigenvalue weighted by molar-refractivity contribution is 0.317. The molecule has 0 fully saturated rings. The molecule has 0 aliphatic rings. The molecule has 0 aliphatic carbocycles. The molecule has 0 spiro atoms. The van der Waals surface area contributed by atoms with E-state index in [1.807, 2.05) is 0 Å². The second-order valence-electron chi connectivity index (χ2n) is 6.19. The third-order valence-electron chi connectivity index (χ3n) is 3.97. The van der Waals surface area contributed by atoms with E-state index in [9.17, 15) is 0 Å². The molecular formula is C22H30O2. The number of hydrogen-bond donors (Lipinski definition) is 0. The lowest BCUT2D eigenvalue weighted by atomic mass is 10.0.